The minimum absolute atomic E-state index is 0.210. The Morgan fingerprint density at radius 1 is 1.69 bits per heavy atom. The highest BCUT2D eigenvalue weighted by Crippen LogP contribution is 2.26. The molecule has 1 saturated heterocycles. The molecule has 0 aromatic carbocycles. The van der Waals surface area contributed by atoms with Crippen molar-refractivity contribution in [2.45, 2.75) is 26.2 Å². The van der Waals surface area contributed by atoms with E-state index in [9.17, 15) is 4.79 Å². The van der Waals surface area contributed by atoms with Crippen molar-refractivity contribution in [3.63, 3.8) is 0 Å². The zero-order valence-corrected chi connectivity index (χ0v) is 10.2. The zero-order valence-electron chi connectivity index (χ0n) is 9.35. The summed E-state index contributed by atoms with van der Waals surface area (Å²) in [4.78, 5) is 17.5. The Kier molecular flexibility index (Phi) is 3.38. The van der Waals surface area contributed by atoms with Gasteiger partial charge in [-0.15, -0.1) is 0 Å². The fourth-order valence-electron chi connectivity index (χ4n) is 1.97. The minimum Gasteiger partial charge on any atom is -0.370 e. The number of hydrogen-bond acceptors (Lipinski definition) is 5. The first kappa shape index (κ1) is 11.3. The van der Waals surface area contributed by atoms with Crippen molar-refractivity contribution >= 4 is 22.6 Å². The fraction of sp³-hybridized carbons (Fsp3) is 0.700. The molecule has 1 aromatic heterocycles. The van der Waals surface area contributed by atoms with Gasteiger partial charge in [-0.05, 0) is 12.3 Å². The lowest BCUT2D eigenvalue weighted by atomic mass is 10.1. The van der Waals surface area contributed by atoms with Crippen molar-refractivity contribution in [2.24, 2.45) is 11.7 Å². The van der Waals surface area contributed by atoms with E-state index in [0.29, 0.717) is 12.3 Å². The van der Waals surface area contributed by atoms with E-state index in [1.54, 1.807) is 0 Å². The van der Waals surface area contributed by atoms with Gasteiger partial charge in [0.2, 0.25) is 11.0 Å². The molecule has 6 heteroatoms. The van der Waals surface area contributed by atoms with E-state index in [2.05, 4.69) is 14.3 Å². The number of aryl methyl sites for hydroxylation is 1. The van der Waals surface area contributed by atoms with Crippen LogP contribution in [-0.2, 0) is 11.2 Å². The minimum atomic E-state index is -0.210. The third kappa shape index (κ3) is 2.49. The lowest BCUT2D eigenvalue weighted by molar-refractivity contribution is -0.118. The lowest BCUT2D eigenvalue weighted by Gasteiger charge is -2.13. The molecular formula is C10H16N4OS. The van der Waals surface area contributed by atoms with E-state index in [0.717, 1.165) is 36.9 Å². The second-order valence-corrected chi connectivity index (χ2v) is 4.85. The van der Waals surface area contributed by atoms with Gasteiger partial charge in [-0.25, -0.2) is 4.98 Å². The number of carbonyl (C=O) groups excluding carboxylic acids is 1. The first-order chi connectivity index (χ1) is 7.69. The van der Waals surface area contributed by atoms with Crippen LogP contribution < -0.4 is 10.6 Å². The predicted octanol–water partition coefficient (Wildman–Crippen LogP) is 0.802. The number of rotatable bonds is 4. The van der Waals surface area contributed by atoms with Crippen LogP contribution >= 0.6 is 11.5 Å². The Hall–Kier alpha value is -1.17. The molecule has 1 aliphatic rings. The second kappa shape index (κ2) is 4.78. The highest BCUT2D eigenvalue weighted by molar-refractivity contribution is 7.09. The molecular weight excluding hydrogens is 224 g/mol. The summed E-state index contributed by atoms with van der Waals surface area (Å²) < 4.78 is 4.26. The van der Waals surface area contributed by atoms with Gasteiger partial charge in [-0.2, -0.15) is 4.37 Å². The number of primary amides is 1. The van der Waals surface area contributed by atoms with Crippen LogP contribution in [0.15, 0.2) is 0 Å². The van der Waals surface area contributed by atoms with E-state index in [-0.39, 0.29) is 5.91 Å². The average Bonchev–Trinajstić information content (AvgIpc) is 2.83. The quantitative estimate of drug-likeness (QED) is 0.845. The molecule has 0 radical (unpaired) electrons. The molecule has 1 unspecified atom stereocenters. The molecule has 88 valence electrons. The van der Waals surface area contributed by atoms with E-state index in [1.807, 2.05) is 6.92 Å². The van der Waals surface area contributed by atoms with Gasteiger partial charge >= 0.3 is 0 Å². The Balaban J connectivity index is 1.95. The monoisotopic (exact) mass is 240 g/mol. The van der Waals surface area contributed by atoms with Crippen molar-refractivity contribution in [2.75, 3.05) is 18.0 Å². The number of amides is 1. The maximum absolute atomic E-state index is 10.8. The Bertz CT molecular complexity index is 379. The summed E-state index contributed by atoms with van der Waals surface area (Å²) in [6.07, 6.45) is 2.37. The summed E-state index contributed by atoms with van der Waals surface area (Å²) in [6.45, 7) is 3.88. The smallest absolute Gasteiger partial charge is 0.217 e. The van der Waals surface area contributed by atoms with Crippen LogP contribution in [0.1, 0.15) is 25.6 Å². The molecule has 1 aliphatic heterocycles. The molecule has 1 aromatic rings. The molecule has 0 bridgehead atoms. The van der Waals surface area contributed by atoms with E-state index in [4.69, 9.17) is 5.73 Å². The molecule has 1 atom stereocenters. The van der Waals surface area contributed by atoms with Gasteiger partial charge in [0.1, 0.15) is 5.82 Å². The largest absolute Gasteiger partial charge is 0.370 e. The summed E-state index contributed by atoms with van der Waals surface area (Å²) in [6, 6.07) is 0. The van der Waals surface area contributed by atoms with E-state index < -0.39 is 0 Å². The maximum atomic E-state index is 10.8. The number of aromatic nitrogens is 2. The highest BCUT2D eigenvalue weighted by atomic mass is 32.1. The molecule has 0 spiro atoms. The number of nitrogens with two attached hydrogens (primary N) is 1. The molecule has 5 nitrogen and oxygen atoms in total. The molecule has 1 amide bonds. The van der Waals surface area contributed by atoms with E-state index in [1.165, 1.54) is 11.5 Å². The first-order valence-electron chi connectivity index (χ1n) is 5.55. The van der Waals surface area contributed by atoms with Crippen molar-refractivity contribution < 1.29 is 4.79 Å². The van der Waals surface area contributed by atoms with Gasteiger partial charge in [0, 0.05) is 37.5 Å². The predicted molar refractivity (Wildman–Crippen MR) is 63.4 cm³/mol. The van der Waals surface area contributed by atoms with Crippen LogP contribution in [0.3, 0.4) is 0 Å². The van der Waals surface area contributed by atoms with E-state index >= 15 is 0 Å². The summed E-state index contributed by atoms with van der Waals surface area (Å²) >= 11 is 1.44. The third-order valence-electron chi connectivity index (χ3n) is 2.82. The Labute approximate surface area is 98.8 Å². The number of anilines is 1. The summed E-state index contributed by atoms with van der Waals surface area (Å²) in [5.41, 5.74) is 5.20. The zero-order chi connectivity index (χ0) is 11.5. The molecule has 2 heterocycles. The second-order valence-electron chi connectivity index (χ2n) is 4.12. The number of nitrogens with zero attached hydrogens (tertiary/aromatic N) is 3. The fourth-order valence-corrected chi connectivity index (χ4v) is 2.76. The van der Waals surface area contributed by atoms with Crippen molar-refractivity contribution in [3.8, 4) is 0 Å². The lowest BCUT2D eigenvalue weighted by Crippen LogP contribution is -2.22. The van der Waals surface area contributed by atoms with Gasteiger partial charge in [0.05, 0.1) is 0 Å². The van der Waals surface area contributed by atoms with Gasteiger partial charge in [-0.1, -0.05) is 6.92 Å². The first-order valence-corrected chi connectivity index (χ1v) is 6.32. The van der Waals surface area contributed by atoms with Crippen LogP contribution in [0.25, 0.3) is 0 Å². The number of hydrogen-bond donors (Lipinski definition) is 1. The standard InChI is InChI=1S/C10H16N4OS/c1-2-9-12-10(16-13-9)14-4-3-7(6-14)5-8(11)15/h7H,2-6H2,1H3,(H2,11,15). The average molecular weight is 240 g/mol. The van der Waals surface area contributed by atoms with Crippen molar-refractivity contribution in [1.29, 1.82) is 0 Å². The van der Waals surface area contributed by atoms with Crippen LogP contribution in [0.2, 0.25) is 0 Å². The summed E-state index contributed by atoms with van der Waals surface area (Å²) in [5, 5.41) is 0.976. The van der Waals surface area contributed by atoms with Crippen molar-refractivity contribution in [1.82, 2.24) is 9.36 Å². The molecule has 1 fully saturated rings. The summed E-state index contributed by atoms with van der Waals surface area (Å²) in [5.74, 6) is 1.07. The van der Waals surface area contributed by atoms with Gasteiger partial charge in [-0.3, -0.25) is 4.79 Å². The molecule has 2 N–H and O–H groups in total. The van der Waals surface area contributed by atoms with Crippen molar-refractivity contribution in [3.05, 3.63) is 5.82 Å². The topological polar surface area (TPSA) is 72.1 Å². The molecule has 0 aliphatic carbocycles. The van der Waals surface area contributed by atoms with Gasteiger partial charge in [0.15, 0.2) is 0 Å². The molecule has 0 saturated carbocycles. The Morgan fingerprint density at radius 3 is 3.12 bits per heavy atom. The van der Waals surface area contributed by atoms with Crippen LogP contribution in [0, 0.1) is 5.92 Å². The maximum Gasteiger partial charge on any atom is 0.217 e. The molecule has 2 rings (SSSR count). The summed E-state index contributed by atoms with van der Waals surface area (Å²) in [7, 11) is 0. The van der Waals surface area contributed by atoms with Gasteiger partial charge < -0.3 is 10.6 Å². The van der Waals surface area contributed by atoms with Crippen LogP contribution in [0.4, 0.5) is 5.13 Å². The Morgan fingerprint density at radius 2 is 2.50 bits per heavy atom. The molecule has 16 heavy (non-hydrogen) atoms. The van der Waals surface area contributed by atoms with Crippen LogP contribution in [0.5, 0.6) is 0 Å². The van der Waals surface area contributed by atoms with Gasteiger partial charge in [0.25, 0.3) is 0 Å². The highest BCUT2D eigenvalue weighted by Gasteiger charge is 2.25. The SMILES string of the molecule is CCc1nsc(N2CCC(CC(N)=O)C2)n1. The normalized spacial score (nSPS) is 20.3. The van der Waals surface area contributed by atoms with Crippen LogP contribution in [-0.4, -0.2) is 28.4 Å². The third-order valence-corrected chi connectivity index (χ3v) is 3.63. The number of carbonyl (C=O) groups is 1.